The van der Waals surface area contributed by atoms with Gasteiger partial charge in [-0.3, -0.25) is 4.79 Å². The Morgan fingerprint density at radius 3 is 2.83 bits per heavy atom. The fourth-order valence-corrected chi connectivity index (χ4v) is 1.78. The Balaban J connectivity index is 2.35. The van der Waals surface area contributed by atoms with Gasteiger partial charge in [0.25, 0.3) is 0 Å². The zero-order valence-electron chi connectivity index (χ0n) is 10.7. The lowest BCUT2D eigenvalue weighted by atomic mass is 9.96. The summed E-state index contributed by atoms with van der Waals surface area (Å²) in [5, 5.41) is 2.64. The Hall–Kier alpha value is -1.49. The largest absolute Gasteiger partial charge is 0.330 e. The summed E-state index contributed by atoms with van der Waals surface area (Å²) in [4.78, 5) is 15.4. The molecule has 18 heavy (non-hydrogen) atoms. The zero-order chi connectivity index (χ0) is 13.4. The van der Waals surface area contributed by atoms with Crippen molar-refractivity contribution in [1.82, 2.24) is 4.98 Å². The van der Waals surface area contributed by atoms with E-state index in [4.69, 9.17) is 5.73 Å². The molecular formula is C13H20FN3O. The first-order valence-corrected chi connectivity index (χ1v) is 6.27. The normalized spacial score (nSPS) is 12.2. The van der Waals surface area contributed by atoms with Gasteiger partial charge in [0, 0.05) is 6.42 Å². The number of pyridine rings is 1. The van der Waals surface area contributed by atoms with E-state index in [9.17, 15) is 9.18 Å². The van der Waals surface area contributed by atoms with Gasteiger partial charge in [-0.05, 0) is 37.4 Å². The predicted molar refractivity (Wildman–Crippen MR) is 69.5 cm³/mol. The molecule has 1 aromatic rings. The summed E-state index contributed by atoms with van der Waals surface area (Å²) < 4.78 is 12.6. The first kappa shape index (κ1) is 14.6. The molecule has 4 nitrogen and oxygen atoms in total. The van der Waals surface area contributed by atoms with E-state index in [-0.39, 0.29) is 5.91 Å². The average molecular weight is 253 g/mol. The lowest BCUT2D eigenvalue weighted by molar-refractivity contribution is -0.116. The van der Waals surface area contributed by atoms with Crippen LogP contribution in [0, 0.1) is 11.7 Å². The van der Waals surface area contributed by atoms with Crippen molar-refractivity contribution in [3.63, 3.8) is 0 Å². The predicted octanol–water partition coefficient (Wildman–Crippen LogP) is 2.31. The van der Waals surface area contributed by atoms with Crippen molar-refractivity contribution >= 4 is 11.7 Å². The quantitative estimate of drug-likeness (QED) is 0.783. The average Bonchev–Trinajstić information content (AvgIpc) is 2.37. The van der Waals surface area contributed by atoms with Gasteiger partial charge >= 0.3 is 0 Å². The minimum atomic E-state index is -0.415. The smallest absolute Gasteiger partial charge is 0.225 e. The Morgan fingerprint density at radius 1 is 1.50 bits per heavy atom. The minimum Gasteiger partial charge on any atom is -0.330 e. The number of halogens is 1. The third-order valence-electron chi connectivity index (χ3n) is 2.93. The van der Waals surface area contributed by atoms with Gasteiger partial charge in [-0.1, -0.05) is 13.3 Å². The molecule has 1 unspecified atom stereocenters. The van der Waals surface area contributed by atoms with Crippen LogP contribution in [-0.4, -0.2) is 17.4 Å². The number of hydrogen-bond donors (Lipinski definition) is 2. The van der Waals surface area contributed by atoms with Crippen LogP contribution in [0.2, 0.25) is 0 Å². The summed E-state index contributed by atoms with van der Waals surface area (Å²) in [6, 6.07) is 2.72. The molecule has 100 valence electrons. The van der Waals surface area contributed by atoms with Crippen molar-refractivity contribution in [3.8, 4) is 0 Å². The highest BCUT2D eigenvalue weighted by molar-refractivity contribution is 5.89. The van der Waals surface area contributed by atoms with E-state index in [1.54, 1.807) is 0 Å². The van der Waals surface area contributed by atoms with E-state index in [0.29, 0.717) is 24.7 Å². The maximum Gasteiger partial charge on any atom is 0.225 e. The lowest BCUT2D eigenvalue weighted by Gasteiger charge is -2.12. The van der Waals surface area contributed by atoms with Crippen molar-refractivity contribution < 1.29 is 9.18 Å². The molecule has 0 aliphatic carbocycles. The van der Waals surface area contributed by atoms with Gasteiger partial charge < -0.3 is 11.1 Å². The highest BCUT2D eigenvalue weighted by Crippen LogP contribution is 2.15. The number of carbonyl (C=O) groups is 1. The van der Waals surface area contributed by atoms with Crippen molar-refractivity contribution in [1.29, 1.82) is 0 Å². The summed E-state index contributed by atoms with van der Waals surface area (Å²) in [5.74, 6) is 0.363. The number of anilines is 1. The molecule has 0 fully saturated rings. The van der Waals surface area contributed by atoms with Crippen LogP contribution in [0.25, 0.3) is 0 Å². The fraction of sp³-hybridized carbons (Fsp3) is 0.538. The number of nitrogens with zero attached hydrogens (tertiary/aromatic N) is 1. The van der Waals surface area contributed by atoms with Crippen LogP contribution in [0.15, 0.2) is 18.3 Å². The van der Waals surface area contributed by atoms with Crippen molar-refractivity contribution in [2.75, 3.05) is 11.9 Å². The summed E-state index contributed by atoms with van der Waals surface area (Å²) in [6.45, 7) is 2.75. The molecule has 0 saturated carbocycles. The molecular weight excluding hydrogens is 233 g/mol. The van der Waals surface area contributed by atoms with Crippen LogP contribution in [0.5, 0.6) is 0 Å². The number of nitrogens with one attached hydrogen (secondary N) is 1. The maximum atomic E-state index is 12.6. The highest BCUT2D eigenvalue weighted by Gasteiger charge is 2.09. The van der Waals surface area contributed by atoms with Crippen molar-refractivity contribution in [3.05, 3.63) is 24.1 Å². The first-order valence-electron chi connectivity index (χ1n) is 6.27. The molecule has 0 bridgehead atoms. The van der Waals surface area contributed by atoms with Crippen LogP contribution in [0.4, 0.5) is 10.2 Å². The SMILES string of the molecule is CCC(CCN)CCC(=O)Nc1ccc(F)cn1. The van der Waals surface area contributed by atoms with Crippen LogP contribution < -0.4 is 11.1 Å². The van der Waals surface area contributed by atoms with Gasteiger partial charge in [-0.2, -0.15) is 0 Å². The van der Waals surface area contributed by atoms with Crippen LogP contribution in [0.1, 0.15) is 32.6 Å². The Kier molecular flexibility index (Phi) is 6.28. The minimum absolute atomic E-state index is 0.0930. The molecule has 0 spiro atoms. The molecule has 1 amide bonds. The first-order chi connectivity index (χ1) is 8.65. The van der Waals surface area contributed by atoms with Crippen molar-refractivity contribution in [2.24, 2.45) is 11.7 Å². The second kappa shape index (κ2) is 7.76. The molecule has 0 aromatic carbocycles. The summed E-state index contributed by atoms with van der Waals surface area (Å²) >= 11 is 0. The zero-order valence-corrected chi connectivity index (χ0v) is 10.7. The molecule has 5 heteroatoms. The number of nitrogens with two attached hydrogens (primary N) is 1. The molecule has 0 radical (unpaired) electrons. The monoisotopic (exact) mass is 253 g/mol. The number of aromatic nitrogens is 1. The standard InChI is InChI=1S/C13H20FN3O/c1-2-10(7-8-15)3-6-13(18)17-12-5-4-11(14)9-16-12/h4-5,9-10H,2-3,6-8,15H2,1H3,(H,16,17,18). The molecule has 1 aromatic heterocycles. The number of carbonyl (C=O) groups excluding carboxylic acids is 1. The third-order valence-corrected chi connectivity index (χ3v) is 2.93. The van der Waals surface area contributed by atoms with Crippen LogP contribution in [-0.2, 0) is 4.79 Å². The fourth-order valence-electron chi connectivity index (χ4n) is 1.78. The van der Waals surface area contributed by atoms with E-state index in [0.717, 1.165) is 25.5 Å². The topological polar surface area (TPSA) is 68.0 Å². The van der Waals surface area contributed by atoms with E-state index < -0.39 is 5.82 Å². The van der Waals surface area contributed by atoms with Gasteiger partial charge in [0.2, 0.25) is 5.91 Å². The third kappa shape index (κ3) is 5.23. The Morgan fingerprint density at radius 2 is 2.28 bits per heavy atom. The highest BCUT2D eigenvalue weighted by atomic mass is 19.1. The molecule has 0 aliphatic heterocycles. The van der Waals surface area contributed by atoms with Gasteiger partial charge in [0.05, 0.1) is 6.20 Å². The van der Waals surface area contributed by atoms with Gasteiger partial charge in [-0.15, -0.1) is 0 Å². The number of rotatable bonds is 7. The van der Waals surface area contributed by atoms with E-state index in [2.05, 4.69) is 17.2 Å². The molecule has 0 aliphatic rings. The molecule has 0 saturated heterocycles. The van der Waals surface area contributed by atoms with Gasteiger partial charge in [0.1, 0.15) is 11.6 Å². The number of amides is 1. The van der Waals surface area contributed by atoms with Crippen molar-refractivity contribution in [2.45, 2.75) is 32.6 Å². The van der Waals surface area contributed by atoms with E-state index >= 15 is 0 Å². The summed E-state index contributed by atoms with van der Waals surface area (Å²) in [6.07, 6.45) is 4.31. The summed E-state index contributed by atoms with van der Waals surface area (Å²) in [7, 11) is 0. The van der Waals surface area contributed by atoms with Crippen LogP contribution >= 0.6 is 0 Å². The number of hydrogen-bond acceptors (Lipinski definition) is 3. The summed E-state index contributed by atoms with van der Waals surface area (Å²) in [5.41, 5.74) is 5.50. The molecule has 1 rings (SSSR count). The molecule has 1 heterocycles. The maximum absolute atomic E-state index is 12.6. The van der Waals surface area contributed by atoms with Gasteiger partial charge in [-0.25, -0.2) is 9.37 Å². The molecule has 1 atom stereocenters. The van der Waals surface area contributed by atoms with E-state index in [1.165, 1.54) is 12.1 Å². The van der Waals surface area contributed by atoms with E-state index in [1.807, 2.05) is 0 Å². The van der Waals surface area contributed by atoms with Gasteiger partial charge in [0.15, 0.2) is 0 Å². The van der Waals surface area contributed by atoms with Crippen LogP contribution in [0.3, 0.4) is 0 Å². The lowest BCUT2D eigenvalue weighted by Crippen LogP contribution is -2.15. The Labute approximate surface area is 107 Å². The second-order valence-corrected chi connectivity index (χ2v) is 4.30. The Bertz CT molecular complexity index is 367. The molecule has 3 N–H and O–H groups in total. The second-order valence-electron chi connectivity index (χ2n) is 4.30.